The van der Waals surface area contributed by atoms with E-state index in [4.69, 9.17) is 4.74 Å². The van der Waals surface area contributed by atoms with Gasteiger partial charge in [0.05, 0.1) is 7.11 Å². The van der Waals surface area contributed by atoms with Crippen LogP contribution in [0.5, 0.6) is 5.75 Å². The SMILES string of the molecule is COc1ccc2c(c1)c(-c1cc3cccnc3[nH]1)cn2CC(=O)NCCC(C)C. The number of rotatable bonds is 7. The summed E-state index contributed by atoms with van der Waals surface area (Å²) in [6, 6.07) is 12.0. The molecule has 0 aliphatic rings. The Morgan fingerprint density at radius 3 is 2.90 bits per heavy atom. The molecule has 0 fully saturated rings. The monoisotopic (exact) mass is 390 g/mol. The highest BCUT2D eigenvalue weighted by molar-refractivity contribution is 5.99. The van der Waals surface area contributed by atoms with E-state index < -0.39 is 0 Å². The molecular weight excluding hydrogens is 364 g/mol. The van der Waals surface area contributed by atoms with Crippen LogP contribution in [0.2, 0.25) is 0 Å². The number of hydrogen-bond donors (Lipinski definition) is 2. The van der Waals surface area contributed by atoms with Crippen molar-refractivity contribution in [2.24, 2.45) is 5.92 Å². The first-order valence-corrected chi connectivity index (χ1v) is 9.93. The van der Waals surface area contributed by atoms with Gasteiger partial charge in [0.25, 0.3) is 0 Å². The Bertz CT molecular complexity index is 1120. The summed E-state index contributed by atoms with van der Waals surface area (Å²) in [5, 5.41) is 5.10. The van der Waals surface area contributed by atoms with Crippen molar-refractivity contribution in [3.8, 4) is 17.0 Å². The van der Waals surface area contributed by atoms with Crippen molar-refractivity contribution in [2.45, 2.75) is 26.8 Å². The number of ether oxygens (including phenoxy) is 1. The highest BCUT2D eigenvalue weighted by Crippen LogP contribution is 2.34. The molecule has 0 unspecified atom stereocenters. The summed E-state index contributed by atoms with van der Waals surface area (Å²) >= 11 is 0. The smallest absolute Gasteiger partial charge is 0.239 e. The summed E-state index contributed by atoms with van der Waals surface area (Å²) in [6.07, 6.45) is 4.77. The predicted octanol–water partition coefficient (Wildman–Crippen LogP) is 4.36. The van der Waals surface area contributed by atoms with Crippen molar-refractivity contribution in [3.05, 3.63) is 48.8 Å². The van der Waals surface area contributed by atoms with E-state index in [1.54, 1.807) is 13.3 Å². The first kappa shape index (κ1) is 19.1. The standard InChI is InChI=1S/C23H26N4O2/c1-15(2)8-10-24-22(28)14-27-13-19(18-12-17(29-3)6-7-21(18)27)20-11-16-5-4-9-25-23(16)26-20/h4-7,9,11-13,15H,8,10,14H2,1-3H3,(H,24,28)(H,25,26). The second kappa shape index (κ2) is 7.99. The molecule has 150 valence electrons. The van der Waals surface area contributed by atoms with E-state index in [-0.39, 0.29) is 12.5 Å². The minimum Gasteiger partial charge on any atom is -0.497 e. The third-order valence-electron chi connectivity index (χ3n) is 5.13. The van der Waals surface area contributed by atoms with Crippen LogP contribution in [0.25, 0.3) is 33.2 Å². The number of hydrogen-bond acceptors (Lipinski definition) is 3. The first-order chi connectivity index (χ1) is 14.0. The predicted molar refractivity (Wildman–Crippen MR) is 116 cm³/mol. The minimum atomic E-state index is 0.0169. The first-order valence-electron chi connectivity index (χ1n) is 9.93. The van der Waals surface area contributed by atoms with E-state index in [0.29, 0.717) is 12.5 Å². The average molecular weight is 390 g/mol. The van der Waals surface area contributed by atoms with Crippen LogP contribution in [0.4, 0.5) is 0 Å². The molecule has 0 atom stereocenters. The molecule has 0 radical (unpaired) electrons. The van der Waals surface area contributed by atoms with Gasteiger partial charge in [-0.15, -0.1) is 0 Å². The number of nitrogens with one attached hydrogen (secondary N) is 2. The molecule has 2 N–H and O–H groups in total. The molecule has 0 aliphatic heterocycles. The van der Waals surface area contributed by atoms with E-state index in [1.807, 2.05) is 41.1 Å². The van der Waals surface area contributed by atoms with Gasteiger partial charge in [0.15, 0.2) is 0 Å². The number of aromatic nitrogens is 3. The van der Waals surface area contributed by atoms with Gasteiger partial charge in [-0.05, 0) is 48.7 Å². The number of carbonyl (C=O) groups excluding carboxylic acids is 1. The Kier molecular flexibility index (Phi) is 5.25. The zero-order valence-corrected chi connectivity index (χ0v) is 17.0. The lowest BCUT2D eigenvalue weighted by Crippen LogP contribution is -2.28. The van der Waals surface area contributed by atoms with E-state index in [0.717, 1.165) is 45.4 Å². The molecule has 4 rings (SSSR count). The second-order valence-corrected chi connectivity index (χ2v) is 7.71. The van der Waals surface area contributed by atoms with Crippen molar-refractivity contribution < 1.29 is 9.53 Å². The van der Waals surface area contributed by atoms with Crippen molar-refractivity contribution >= 4 is 27.8 Å². The molecule has 0 spiro atoms. The van der Waals surface area contributed by atoms with Crippen LogP contribution >= 0.6 is 0 Å². The van der Waals surface area contributed by atoms with Crippen molar-refractivity contribution in [2.75, 3.05) is 13.7 Å². The Morgan fingerprint density at radius 2 is 2.14 bits per heavy atom. The number of aromatic amines is 1. The Balaban J connectivity index is 1.71. The highest BCUT2D eigenvalue weighted by Gasteiger charge is 2.15. The van der Waals surface area contributed by atoms with E-state index in [1.165, 1.54) is 0 Å². The Hall–Kier alpha value is -3.28. The average Bonchev–Trinajstić information content (AvgIpc) is 3.28. The summed E-state index contributed by atoms with van der Waals surface area (Å²) in [4.78, 5) is 20.3. The third-order valence-corrected chi connectivity index (χ3v) is 5.13. The largest absolute Gasteiger partial charge is 0.497 e. The fourth-order valence-electron chi connectivity index (χ4n) is 3.56. The molecule has 4 aromatic rings. The number of fused-ring (bicyclic) bond motifs is 2. The fourth-order valence-corrected chi connectivity index (χ4v) is 3.56. The normalized spacial score (nSPS) is 11.4. The summed E-state index contributed by atoms with van der Waals surface area (Å²) in [6.45, 7) is 5.28. The maximum absolute atomic E-state index is 12.5. The second-order valence-electron chi connectivity index (χ2n) is 7.71. The Labute approximate surface area is 169 Å². The molecule has 6 heteroatoms. The van der Waals surface area contributed by atoms with Crippen LogP contribution in [0, 0.1) is 5.92 Å². The number of nitrogens with zero attached hydrogens (tertiary/aromatic N) is 2. The molecule has 6 nitrogen and oxygen atoms in total. The van der Waals surface area contributed by atoms with Crippen LogP contribution in [0.15, 0.2) is 48.8 Å². The van der Waals surface area contributed by atoms with E-state index in [9.17, 15) is 4.79 Å². The van der Waals surface area contributed by atoms with Crippen LogP contribution in [-0.2, 0) is 11.3 Å². The van der Waals surface area contributed by atoms with Gasteiger partial charge in [0, 0.05) is 46.5 Å². The number of carbonyl (C=O) groups is 1. The lowest BCUT2D eigenvalue weighted by atomic mass is 10.1. The van der Waals surface area contributed by atoms with Crippen LogP contribution in [0.1, 0.15) is 20.3 Å². The van der Waals surface area contributed by atoms with Gasteiger partial charge < -0.3 is 19.6 Å². The molecule has 0 saturated heterocycles. The number of methoxy groups -OCH3 is 1. The topological polar surface area (TPSA) is 71.9 Å². The molecule has 0 bridgehead atoms. The molecule has 3 aromatic heterocycles. The highest BCUT2D eigenvalue weighted by atomic mass is 16.5. The van der Waals surface area contributed by atoms with Crippen LogP contribution < -0.4 is 10.1 Å². The van der Waals surface area contributed by atoms with Crippen molar-refractivity contribution in [3.63, 3.8) is 0 Å². The van der Waals surface area contributed by atoms with Gasteiger partial charge in [-0.25, -0.2) is 4.98 Å². The summed E-state index contributed by atoms with van der Waals surface area (Å²) < 4.78 is 7.42. The molecule has 0 saturated carbocycles. The van der Waals surface area contributed by atoms with Crippen LogP contribution in [0.3, 0.4) is 0 Å². The minimum absolute atomic E-state index is 0.0169. The maximum atomic E-state index is 12.5. The number of amides is 1. The van der Waals surface area contributed by atoms with Gasteiger partial charge in [-0.1, -0.05) is 13.8 Å². The number of H-pyrrole nitrogens is 1. The summed E-state index contributed by atoms with van der Waals surface area (Å²) in [7, 11) is 1.66. The zero-order valence-electron chi connectivity index (χ0n) is 17.0. The maximum Gasteiger partial charge on any atom is 0.239 e. The molecular formula is C23H26N4O2. The number of pyridine rings is 1. The summed E-state index contributed by atoms with van der Waals surface area (Å²) in [5.41, 5.74) is 3.83. The van der Waals surface area contributed by atoms with Gasteiger partial charge in [-0.2, -0.15) is 0 Å². The quantitative estimate of drug-likeness (QED) is 0.493. The van der Waals surface area contributed by atoms with Gasteiger partial charge in [-0.3, -0.25) is 4.79 Å². The lowest BCUT2D eigenvalue weighted by Gasteiger charge is -2.09. The number of benzene rings is 1. The lowest BCUT2D eigenvalue weighted by molar-refractivity contribution is -0.121. The van der Waals surface area contributed by atoms with Gasteiger partial charge in [0.1, 0.15) is 17.9 Å². The zero-order chi connectivity index (χ0) is 20.4. The third kappa shape index (κ3) is 3.97. The molecule has 1 aromatic carbocycles. The van der Waals surface area contributed by atoms with Gasteiger partial charge >= 0.3 is 0 Å². The van der Waals surface area contributed by atoms with E-state index >= 15 is 0 Å². The fraction of sp³-hybridized carbons (Fsp3) is 0.304. The van der Waals surface area contributed by atoms with Gasteiger partial charge in [0.2, 0.25) is 5.91 Å². The van der Waals surface area contributed by atoms with E-state index in [2.05, 4.69) is 35.2 Å². The summed E-state index contributed by atoms with van der Waals surface area (Å²) in [5.74, 6) is 1.37. The molecule has 0 aliphatic carbocycles. The van der Waals surface area contributed by atoms with Crippen molar-refractivity contribution in [1.82, 2.24) is 19.9 Å². The molecule has 3 heterocycles. The van der Waals surface area contributed by atoms with Crippen molar-refractivity contribution in [1.29, 1.82) is 0 Å². The molecule has 29 heavy (non-hydrogen) atoms. The molecule has 1 amide bonds. The van der Waals surface area contributed by atoms with Crippen LogP contribution in [-0.4, -0.2) is 34.1 Å². The Morgan fingerprint density at radius 1 is 1.28 bits per heavy atom.